The summed E-state index contributed by atoms with van der Waals surface area (Å²) in [5.74, 6) is 0. The molecule has 1 atom stereocenters. The Balaban J connectivity index is 2.46. The van der Waals surface area contributed by atoms with Crippen LogP contribution < -0.4 is 5.32 Å². The summed E-state index contributed by atoms with van der Waals surface area (Å²) in [6, 6.07) is 13.1. The standard InChI is InChI=1S/C19H24ClN/c1-5-10-21-19(17-8-6-13(2)11-14(17)3)18-9-7-16(20)12-15(18)4/h6-9,11-12,19,21H,5,10H2,1-4H3. The van der Waals surface area contributed by atoms with Gasteiger partial charge in [0.15, 0.2) is 0 Å². The van der Waals surface area contributed by atoms with Crippen LogP contribution in [0.2, 0.25) is 5.02 Å². The minimum Gasteiger partial charge on any atom is -0.306 e. The molecule has 0 fully saturated rings. The van der Waals surface area contributed by atoms with Crippen LogP contribution in [-0.2, 0) is 0 Å². The molecule has 0 aliphatic carbocycles. The lowest BCUT2D eigenvalue weighted by molar-refractivity contribution is 0.594. The van der Waals surface area contributed by atoms with Gasteiger partial charge in [0.25, 0.3) is 0 Å². The van der Waals surface area contributed by atoms with Gasteiger partial charge in [-0.05, 0) is 68.1 Å². The Morgan fingerprint density at radius 2 is 1.57 bits per heavy atom. The molecule has 1 nitrogen and oxygen atoms in total. The molecule has 0 bridgehead atoms. The first kappa shape index (κ1) is 16.1. The molecule has 0 amide bonds. The second-order valence-electron chi connectivity index (χ2n) is 5.75. The van der Waals surface area contributed by atoms with E-state index in [-0.39, 0.29) is 6.04 Å². The van der Waals surface area contributed by atoms with Gasteiger partial charge in [0, 0.05) is 5.02 Å². The van der Waals surface area contributed by atoms with Gasteiger partial charge in [-0.1, -0.05) is 48.4 Å². The van der Waals surface area contributed by atoms with Gasteiger partial charge in [0.1, 0.15) is 0 Å². The monoisotopic (exact) mass is 301 g/mol. The summed E-state index contributed by atoms with van der Waals surface area (Å²) in [5.41, 5.74) is 6.52. The highest BCUT2D eigenvalue weighted by atomic mass is 35.5. The minimum absolute atomic E-state index is 0.225. The van der Waals surface area contributed by atoms with E-state index in [0.29, 0.717) is 0 Å². The van der Waals surface area contributed by atoms with E-state index < -0.39 is 0 Å². The molecule has 1 N–H and O–H groups in total. The fraction of sp³-hybridized carbons (Fsp3) is 0.368. The zero-order valence-electron chi connectivity index (χ0n) is 13.3. The summed E-state index contributed by atoms with van der Waals surface area (Å²) in [6.45, 7) is 9.65. The summed E-state index contributed by atoms with van der Waals surface area (Å²) < 4.78 is 0. The van der Waals surface area contributed by atoms with Crippen molar-refractivity contribution in [2.24, 2.45) is 0 Å². The number of hydrogen-bond acceptors (Lipinski definition) is 1. The highest BCUT2D eigenvalue weighted by Crippen LogP contribution is 2.29. The first-order valence-electron chi connectivity index (χ1n) is 7.59. The van der Waals surface area contributed by atoms with E-state index in [9.17, 15) is 0 Å². The van der Waals surface area contributed by atoms with Gasteiger partial charge >= 0.3 is 0 Å². The zero-order valence-corrected chi connectivity index (χ0v) is 14.1. The molecule has 0 aromatic heterocycles. The van der Waals surface area contributed by atoms with E-state index in [2.05, 4.69) is 57.3 Å². The van der Waals surface area contributed by atoms with E-state index in [4.69, 9.17) is 11.6 Å². The Kier molecular flexibility index (Phi) is 5.44. The fourth-order valence-electron chi connectivity index (χ4n) is 2.79. The molecule has 0 aliphatic rings. The Morgan fingerprint density at radius 1 is 0.952 bits per heavy atom. The molecule has 0 aliphatic heterocycles. The molecule has 0 saturated heterocycles. The molecular weight excluding hydrogens is 278 g/mol. The van der Waals surface area contributed by atoms with Crippen LogP contribution in [-0.4, -0.2) is 6.54 Å². The number of rotatable bonds is 5. The van der Waals surface area contributed by atoms with Crippen molar-refractivity contribution in [3.05, 3.63) is 69.2 Å². The number of nitrogens with one attached hydrogen (secondary N) is 1. The van der Waals surface area contributed by atoms with Crippen LogP contribution in [0.15, 0.2) is 36.4 Å². The van der Waals surface area contributed by atoms with E-state index in [1.54, 1.807) is 0 Å². The van der Waals surface area contributed by atoms with Crippen LogP contribution in [0.25, 0.3) is 0 Å². The first-order chi connectivity index (χ1) is 10.0. The molecule has 0 radical (unpaired) electrons. The van der Waals surface area contributed by atoms with E-state index in [0.717, 1.165) is 18.0 Å². The molecule has 112 valence electrons. The average Bonchev–Trinajstić information content (AvgIpc) is 2.42. The molecule has 2 aromatic carbocycles. The average molecular weight is 302 g/mol. The van der Waals surface area contributed by atoms with Crippen molar-refractivity contribution in [3.8, 4) is 0 Å². The number of halogens is 1. The van der Waals surface area contributed by atoms with Gasteiger partial charge in [-0.15, -0.1) is 0 Å². The Hall–Kier alpha value is -1.31. The van der Waals surface area contributed by atoms with Crippen LogP contribution in [0.5, 0.6) is 0 Å². The van der Waals surface area contributed by atoms with Gasteiger partial charge in [-0.3, -0.25) is 0 Å². The number of hydrogen-bond donors (Lipinski definition) is 1. The minimum atomic E-state index is 0.225. The molecule has 21 heavy (non-hydrogen) atoms. The highest BCUT2D eigenvalue weighted by Gasteiger charge is 2.17. The first-order valence-corrected chi connectivity index (χ1v) is 7.97. The van der Waals surface area contributed by atoms with Crippen LogP contribution in [0.1, 0.15) is 47.2 Å². The molecule has 0 heterocycles. The van der Waals surface area contributed by atoms with Crippen molar-refractivity contribution in [2.75, 3.05) is 6.54 Å². The van der Waals surface area contributed by atoms with Crippen molar-refractivity contribution in [1.82, 2.24) is 5.32 Å². The van der Waals surface area contributed by atoms with Crippen LogP contribution in [0.4, 0.5) is 0 Å². The zero-order chi connectivity index (χ0) is 15.4. The van der Waals surface area contributed by atoms with Crippen LogP contribution in [0.3, 0.4) is 0 Å². The quantitative estimate of drug-likeness (QED) is 0.784. The van der Waals surface area contributed by atoms with Gasteiger partial charge in [0.2, 0.25) is 0 Å². The molecule has 0 saturated carbocycles. The normalized spacial score (nSPS) is 12.4. The lowest BCUT2D eigenvalue weighted by atomic mass is 9.91. The second-order valence-corrected chi connectivity index (χ2v) is 6.18. The molecule has 2 rings (SSSR count). The van der Waals surface area contributed by atoms with Crippen molar-refractivity contribution >= 4 is 11.6 Å². The summed E-state index contributed by atoms with van der Waals surface area (Å²) >= 11 is 6.10. The van der Waals surface area contributed by atoms with E-state index >= 15 is 0 Å². The third kappa shape index (κ3) is 3.87. The molecule has 2 heteroatoms. The van der Waals surface area contributed by atoms with Gasteiger partial charge in [-0.2, -0.15) is 0 Å². The van der Waals surface area contributed by atoms with Crippen molar-refractivity contribution in [1.29, 1.82) is 0 Å². The fourth-order valence-corrected chi connectivity index (χ4v) is 3.02. The molecule has 1 unspecified atom stereocenters. The molecular formula is C19H24ClN. The largest absolute Gasteiger partial charge is 0.306 e. The van der Waals surface area contributed by atoms with Gasteiger partial charge in [0.05, 0.1) is 6.04 Å². The number of aryl methyl sites for hydroxylation is 3. The van der Waals surface area contributed by atoms with E-state index in [1.807, 2.05) is 12.1 Å². The molecule has 0 spiro atoms. The summed E-state index contributed by atoms with van der Waals surface area (Å²) in [7, 11) is 0. The van der Waals surface area contributed by atoms with Crippen molar-refractivity contribution < 1.29 is 0 Å². The maximum atomic E-state index is 6.10. The van der Waals surface area contributed by atoms with E-state index in [1.165, 1.54) is 27.8 Å². The maximum absolute atomic E-state index is 6.10. The predicted octanol–water partition coefficient (Wildman–Crippen LogP) is 5.35. The Bertz CT molecular complexity index is 567. The lowest BCUT2D eigenvalue weighted by Crippen LogP contribution is -2.24. The highest BCUT2D eigenvalue weighted by molar-refractivity contribution is 6.30. The predicted molar refractivity (Wildman–Crippen MR) is 92.2 cm³/mol. The van der Waals surface area contributed by atoms with Gasteiger partial charge in [-0.25, -0.2) is 0 Å². The maximum Gasteiger partial charge on any atom is 0.0581 e. The van der Waals surface area contributed by atoms with Crippen LogP contribution >= 0.6 is 11.6 Å². The van der Waals surface area contributed by atoms with Crippen LogP contribution in [0, 0.1) is 20.8 Å². The lowest BCUT2D eigenvalue weighted by Gasteiger charge is -2.23. The third-order valence-corrected chi connectivity index (χ3v) is 4.11. The Labute approximate surface area is 133 Å². The topological polar surface area (TPSA) is 12.0 Å². The summed E-state index contributed by atoms with van der Waals surface area (Å²) in [6.07, 6.45) is 1.12. The van der Waals surface area contributed by atoms with Crippen molar-refractivity contribution in [3.63, 3.8) is 0 Å². The number of benzene rings is 2. The summed E-state index contributed by atoms with van der Waals surface area (Å²) in [5, 5.41) is 4.48. The second kappa shape index (κ2) is 7.11. The summed E-state index contributed by atoms with van der Waals surface area (Å²) in [4.78, 5) is 0. The van der Waals surface area contributed by atoms with Gasteiger partial charge < -0.3 is 5.32 Å². The smallest absolute Gasteiger partial charge is 0.0581 e. The van der Waals surface area contributed by atoms with Crippen molar-refractivity contribution in [2.45, 2.75) is 40.2 Å². The Morgan fingerprint density at radius 3 is 2.14 bits per heavy atom. The third-order valence-electron chi connectivity index (χ3n) is 3.88. The molecule has 2 aromatic rings. The SMILES string of the molecule is CCCNC(c1ccc(C)cc1C)c1ccc(Cl)cc1C.